The van der Waals surface area contributed by atoms with E-state index in [-0.39, 0.29) is 0 Å². The molecule has 2 unspecified atom stereocenters. The van der Waals surface area contributed by atoms with Crippen molar-refractivity contribution in [1.29, 1.82) is 0 Å². The van der Waals surface area contributed by atoms with Crippen LogP contribution in [0.5, 0.6) is 0 Å². The summed E-state index contributed by atoms with van der Waals surface area (Å²) in [5.41, 5.74) is 0.927. The van der Waals surface area contributed by atoms with Crippen LogP contribution in [-0.4, -0.2) is 6.54 Å². The molecule has 3 heteroatoms. The summed E-state index contributed by atoms with van der Waals surface area (Å²) in [5, 5.41) is 5.51. The molecule has 2 atom stereocenters. The van der Waals surface area contributed by atoms with Gasteiger partial charge < -0.3 is 9.73 Å². The molecule has 0 bridgehead atoms. The molecule has 1 heterocycles. The van der Waals surface area contributed by atoms with E-state index in [2.05, 4.69) is 25.2 Å². The molecule has 0 radical (unpaired) electrons. The molecule has 1 saturated carbocycles. The van der Waals surface area contributed by atoms with Gasteiger partial charge in [0.25, 0.3) is 0 Å². The van der Waals surface area contributed by atoms with E-state index in [0.717, 1.165) is 40.6 Å². The lowest BCUT2D eigenvalue weighted by molar-refractivity contribution is 0.306. The van der Waals surface area contributed by atoms with Gasteiger partial charge in [-0.3, -0.25) is 0 Å². The fourth-order valence-corrected chi connectivity index (χ4v) is 3.11. The Kier molecular flexibility index (Phi) is 4.04. The molecular weight excluding hydrogens is 270 g/mol. The first-order valence-corrected chi connectivity index (χ1v) is 7.99. The molecule has 1 N–H and O–H groups in total. The minimum Gasteiger partial charge on any atom is -0.459 e. The first-order valence-electron chi connectivity index (χ1n) is 7.61. The topological polar surface area (TPSA) is 25.2 Å². The zero-order valence-electron chi connectivity index (χ0n) is 12.2. The second-order valence-corrected chi connectivity index (χ2v) is 6.40. The molecule has 108 valence electrons. The number of hydrogen-bond acceptors (Lipinski definition) is 2. The normalized spacial score (nSPS) is 18.4. The van der Waals surface area contributed by atoms with Crippen molar-refractivity contribution >= 4 is 22.6 Å². The van der Waals surface area contributed by atoms with E-state index in [4.69, 9.17) is 16.0 Å². The Morgan fingerprint density at radius 2 is 2.15 bits per heavy atom. The van der Waals surface area contributed by atoms with E-state index in [9.17, 15) is 0 Å². The highest BCUT2D eigenvalue weighted by molar-refractivity contribution is 6.31. The van der Waals surface area contributed by atoms with E-state index >= 15 is 0 Å². The quantitative estimate of drug-likeness (QED) is 0.794. The van der Waals surface area contributed by atoms with Crippen molar-refractivity contribution in [3.63, 3.8) is 0 Å². The van der Waals surface area contributed by atoms with E-state index in [1.165, 1.54) is 12.8 Å². The average molecular weight is 292 g/mol. The van der Waals surface area contributed by atoms with Crippen molar-refractivity contribution in [3.8, 4) is 0 Å². The van der Waals surface area contributed by atoms with Gasteiger partial charge in [0.05, 0.1) is 6.04 Å². The fraction of sp³-hybridized carbons (Fsp3) is 0.529. The predicted octanol–water partition coefficient (Wildman–Crippen LogP) is 5.17. The van der Waals surface area contributed by atoms with Gasteiger partial charge in [0.15, 0.2) is 0 Å². The van der Waals surface area contributed by atoms with Gasteiger partial charge in [-0.25, -0.2) is 0 Å². The Hall–Kier alpha value is -0.990. The third-order valence-corrected chi connectivity index (χ3v) is 4.54. The summed E-state index contributed by atoms with van der Waals surface area (Å²) in [6.45, 7) is 5.56. The Bertz CT molecular complexity index is 588. The number of fused-ring (bicyclic) bond motifs is 1. The Morgan fingerprint density at radius 3 is 2.85 bits per heavy atom. The highest BCUT2D eigenvalue weighted by Gasteiger charge is 2.35. The molecule has 0 saturated heterocycles. The van der Waals surface area contributed by atoms with E-state index < -0.39 is 0 Å². The molecule has 1 aromatic heterocycles. The summed E-state index contributed by atoms with van der Waals surface area (Å²) in [4.78, 5) is 0. The molecule has 1 aromatic carbocycles. The number of halogens is 1. The van der Waals surface area contributed by atoms with Gasteiger partial charge in [0.1, 0.15) is 11.3 Å². The first-order chi connectivity index (χ1) is 9.69. The molecular formula is C17H22ClNO. The van der Waals surface area contributed by atoms with Gasteiger partial charge in [-0.05, 0) is 61.9 Å². The second-order valence-electron chi connectivity index (χ2n) is 5.96. The molecule has 2 aromatic rings. The van der Waals surface area contributed by atoms with Crippen molar-refractivity contribution < 1.29 is 4.42 Å². The van der Waals surface area contributed by atoms with Crippen LogP contribution in [-0.2, 0) is 0 Å². The summed E-state index contributed by atoms with van der Waals surface area (Å²) in [6.07, 6.45) is 3.86. The highest BCUT2D eigenvalue weighted by Crippen LogP contribution is 2.43. The van der Waals surface area contributed by atoms with Crippen molar-refractivity contribution in [2.24, 2.45) is 11.8 Å². The molecule has 3 rings (SSSR count). The maximum atomic E-state index is 6.06. The Balaban J connectivity index is 1.90. The van der Waals surface area contributed by atoms with Crippen LogP contribution in [0.4, 0.5) is 0 Å². The van der Waals surface area contributed by atoms with Crippen molar-refractivity contribution in [2.75, 3.05) is 6.54 Å². The summed E-state index contributed by atoms with van der Waals surface area (Å²) >= 11 is 6.06. The zero-order chi connectivity index (χ0) is 14.1. The van der Waals surface area contributed by atoms with Gasteiger partial charge in [-0.1, -0.05) is 25.4 Å². The molecule has 2 nitrogen and oxygen atoms in total. The largest absolute Gasteiger partial charge is 0.459 e. The summed E-state index contributed by atoms with van der Waals surface area (Å²) < 4.78 is 6.06. The standard InChI is InChI=1S/C17H22ClNO/c1-3-8-19-17(11(2)12-4-5-12)16-10-13-9-14(18)6-7-15(13)20-16/h6-7,9-12,17,19H,3-5,8H2,1-2H3. The zero-order valence-corrected chi connectivity index (χ0v) is 12.9. The monoisotopic (exact) mass is 291 g/mol. The minimum atomic E-state index is 0.314. The molecule has 0 aliphatic heterocycles. The average Bonchev–Trinajstić information content (AvgIpc) is 3.20. The van der Waals surface area contributed by atoms with Gasteiger partial charge in [-0.15, -0.1) is 0 Å². The lowest BCUT2D eigenvalue weighted by Crippen LogP contribution is -2.28. The van der Waals surface area contributed by atoms with Crippen LogP contribution in [0.1, 0.15) is 44.9 Å². The SMILES string of the molecule is CCCNC(c1cc2cc(Cl)ccc2o1)C(C)C1CC1. The molecule has 20 heavy (non-hydrogen) atoms. The Morgan fingerprint density at radius 1 is 1.35 bits per heavy atom. The summed E-state index contributed by atoms with van der Waals surface area (Å²) in [5.74, 6) is 2.52. The summed E-state index contributed by atoms with van der Waals surface area (Å²) in [6, 6.07) is 8.28. The molecule has 0 amide bonds. The van der Waals surface area contributed by atoms with Gasteiger partial charge in [0, 0.05) is 10.4 Å². The van der Waals surface area contributed by atoms with E-state index in [1.54, 1.807) is 0 Å². The number of hydrogen-bond donors (Lipinski definition) is 1. The highest BCUT2D eigenvalue weighted by atomic mass is 35.5. The number of benzene rings is 1. The minimum absolute atomic E-state index is 0.314. The fourth-order valence-electron chi connectivity index (χ4n) is 2.93. The maximum Gasteiger partial charge on any atom is 0.134 e. The summed E-state index contributed by atoms with van der Waals surface area (Å²) in [7, 11) is 0. The maximum absolute atomic E-state index is 6.06. The van der Waals surface area contributed by atoms with E-state index in [1.807, 2.05) is 18.2 Å². The van der Waals surface area contributed by atoms with Gasteiger partial charge in [0.2, 0.25) is 0 Å². The van der Waals surface area contributed by atoms with E-state index in [0.29, 0.717) is 12.0 Å². The van der Waals surface area contributed by atoms with Crippen molar-refractivity contribution in [3.05, 3.63) is 35.0 Å². The molecule has 0 spiro atoms. The van der Waals surface area contributed by atoms with Gasteiger partial charge in [-0.2, -0.15) is 0 Å². The molecule has 1 aliphatic rings. The van der Waals surface area contributed by atoms with Crippen LogP contribution in [0.2, 0.25) is 5.02 Å². The number of furan rings is 1. The third-order valence-electron chi connectivity index (χ3n) is 4.31. The smallest absolute Gasteiger partial charge is 0.134 e. The van der Waals surface area contributed by atoms with Crippen LogP contribution < -0.4 is 5.32 Å². The van der Waals surface area contributed by atoms with Crippen LogP contribution >= 0.6 is 11.6 Å². The molecule has 1 aliphatic carbocycles. The van der Waals surface area contributed by atoms with Crippen molar-refractivity contribution in [2.45, 2.75) is 39.2 Å². The van der Waals surface area contributed by atoms with Crippen LogP contribution in [0, 0.1) is 11.8 Å². The van der Waals surface area contributed by atoms with Crippen LogP contribution in [0.3, 0.4) is 0 Å². The molecule has 1 fully saturated rings. The predicted molar refractivity (Wildman–Crippen MR) is 84.1 cm³/mol. The second kappa shape index (κ2) is 5.79. The first kappa shape index (κ1) is 14.0. The number of nitrogens with one attached hydrogen (secondary N) is 1. The van der Waals surface area contributed by atoms with Crippen LogP contribution in [0.15, 0.2) is 28.7 Å². The number of rotatable bonds is 6. The van der Waals surface area contributed by atoms with Crippen molar-refractivity contribution in [1.82, 2.24) is 5.32 Å². The van der Waals surface area contributed by atoms with Gasteiger partial charge >= 0.3 is 0 Å². The lowest BCUT2D eigenvalue weighted by atomic mass is 9.94. The Labute approximate surface area is 125 Å². The lowest BCUT2D eigenvalue weighted by Gasteiger charge is -2.23. The third kappa shape index (κ3) is 2.87. The van der Waals surface area contributed by atoms with Crippen LogP contribution in [0.25, 0.3) is 11.0 Å².